The summed E-state index contributed by atoms with van der Waals surface area (Å²) in [6.07, 6.45) is 0.730. The van der Waals surface area contributed by atoms with Crippen molar-refractivity contribution in [2.45, 2.75) is 20.0 Å². The summed E-state index contributed by atoms with van der Waals surface area (Å²) in [6, 6.07) is 7.35. The minimum absolute atomic E-state index is 0.0208. The highest BCUT2D eigenvalue weighted by Gasteiger charge is 2.18. The van der Waals surface area contributed by atoms with Crippen molar-refractivity contribution in [2.24, 2.45) is 7.05 Å². The van der Waals surface area contributed by atoms with E-state index in [1.54, 1.807) is 26.0 Å². The fourth-order valence-corrected chi connectivity index (χ4v) is 2.09. The smallest absolute Gasteiger partial charge is 0.340 e. The number of rotatable bonds is 4. The van der Waals surface area contributed by atoms with Crippen LogP contribution in [0.2, 0.25) is 0 Å². The Morgan fingerprint density at radius 3 is 2.61 bits per heavy atom. The van der Waals surface area contributed by atoms with Gasteiger partial charge in [0.15, 0.2) is 0 Å². The molecule has 0 N–H and O–H groups in total. The standard InChI is InChI=1S/C16H16N2O5/c1-10-4-5-12(8-14(10)18(21)22)11(2)23-16(20)13-6-7-15(19)17(3)9-13/h4-9,11H,1-3H3. The molecule has 0 radical (unpaired) electrons. The molecule has 0 fully saturated rings. The molecule has 0 spiro atoms. The number of nitro groups is 1. The van der Waals surface area contributed by atoms with E-state index in [0.717, 1.165) is 0 Å². The van der Waals surface area contributed by atoms with Gasteiger partial charge in [0.05, 0.1) is 10.5 Å². The van der Waals surface area contributed by atoms with Crippen molar-refractivity contribution in [1.82, 2.24) is 4.57 Å². The summed E-state index contributed by atoms with van der Waals surface area (Å²) in [5, 5.41) is 11.0. The van der Waals surface area contributed by atoms with Crippen molar-refractivity contribution in [3.63, 3.8) is 0 Å². The van der Waals surface area contributed by atoms with Gasteiger partial charge in [-0.15, -0.1) is 0 Å². The van der Waals surface area contributed by atoms with Gasteiger partial charge >= 0.3 is 5.97 Å². The van der Waals surface area contributed by atoms with Gasteiger partial charge in [-0.1, -0.05) is 12.1 Å². The molecule has 23 heavy (non-hydrogen) atoms. The number of hydrogen-bond acceptors (Lipinski definition) is 5. The Bertz CT molecular complexity index is 825. The number of carbonyl (C=O) groups excluding carboxylic acids is 1. The second-order valence-corrected chi connectivity index (χ2v) is 5.22. The highest BCUT2D eigenvalue weighted by molar-refractivity contribution is 5.89. The Kier molecular flexibility index (Phi) is 4.59. The normalized spacial score (nSPS) is 11.8. The van der Waals surface area contributed by atoms with Gasteiger partial charge in [-0.25, -0.2) is 4.79 Å². The molecule has 0 aliphatic carbocycles. The minimum Gasteiger partial charge on any atom is -0.454 e. The number of nitro benzene ring substituents is 1. The largest absolute Gasteiger partial charge is 0.454 e. The maximum absolute atomic E-state index is 12.1. The fraction of sp³-hybridized carbons (Fsp3) is 0.250. The van der Waals surface area contributed by atoms with E-state index in [2.05, 4.69) is 0 Å². The van der Waals surface area contributed by atoms with E-state index in [0.29, 0.717) is 11.1 Å². The van der Waals surface area contributed by atoms with Gasteiger partial charge < -0.3 is 9.30 Å². The molecule has 0 aliphatic heterocycles. The molecule has 0 saturated carbocycles. The van der Waals surface area contributed by atoms with Crippen LogP contribution < -0.4 is 5.56 Å². The lowest BCUT2D eigenvalue weighted by Gasteiger charge is -2.14. The van der Waals surface area contributed by atoms with Crippen LogP contribution in [0.3, 0.4) is 0 Å². The van der Waals surface area contributed by atoms with Crippen molar-refractivity contribution >= 4 is 11.7 Å². The molecular weight excluding hydrogens is 300 g/mol. The average molecular weight is 316 g/mol. The second-order valence-electron chi connectivity index (χ2n) is 5.22. The molecule has 120 valence electrons. The molecule has 0 aliphatic rings. The second kappa shape index (κ2) is 6.43. The van der Waals surface area contributed by atoms with Gasteiger partial charge in [-0.3, -0.25) is 14.9 Å². The first-order valence-electron chi connectivity index (χ1n) is 6.92. The Hall–Kier alpha value is -2.96. The maximum Gasteiger partial charge on any atom is 0.340 e. The van der Waals surface area contributed by atoms with E-state index in [4.69, 9.17) is 4.74 Å². The van der Waals surface area contributed by atoms with Crippen LogP contribution in [0.4, 0.5) is 5.69 Å². The predicted octanol–water partition coefficient (Wildman–Crippen LogP) is 2.52. The van der Waals surface area contributed by atoms with Crippen LogP contribution in [0.5, 0.6) is 0 Å². The van der Waals surface area contributed by atoms with Crippen molar-refractivity contribution in [1.29, 1.82) is 0 Å². The summed E-state index contributed by atoms with van der Waals surface area (Å²) in [5.41, 5.74) is 1.05. The highest BCUT2D eigenvalue weighted by Crippen LogP contribution is 2.25. The van der Waals surface area contributed by atoms with Gasteiger partial charge in [-0.05, 0) is 25.5 Å². The lowest BCUT2D eigenvalue weighted by molar-refractivity contribution is -0.385. The van der Waals surface area contributed by atoms with Crippen LogP contribution in [0.25, 0.3) is 0 Å². The van der Waals surface area contributed by atoms with E-state index in [1.165, 1.54) is 36.0 Å². The monoisotopic (exact) mass is 316 g/mol. The summed E-state index contributed by atoms with van der Waals surface area (Å²) < 4.78 is 6.59. The van der Waals surface area contributed by atoms with Crippen LogP contribution >= 0.6 is 0 Å². The van der Waals surface area contributed by atoms with E-state index < -0.39 is 17.0 Å². The molecule has 1 heterocycles. The van der Waals surface area contributed by atoms with Gasteiger partial charge in [0.2, 0.25) is 5.56 Å². The molecule has 2 rings (SSSR count). The SMILES string of the molecule is Cc1ccc(C(C)OC(=O)c2ccc(=O)n(C)c2)cc1[N+](=O)[O-]. The van der Waals surface area contributed by atoms with E-state index >= 15 is 0 Å². The van der Waals surface area contributed by atoms with Gasteiger partial charge in [0, 0.05) is 30.9 Å². The quantitative estimate of drug-likeness (QED) is 0.491. The van der Waals surface area contributed by atoms with E-state index in [9.17, 15) is 19.7 Å². The molecule has 7 heteroatoms. The van der Waals surface area contributed by atoms with Gasteiger partial charge in [0.1, 0.15) is 6.10 Å². The summed E-state index contributed by atoms with van der Waals surface area (Å²) >= 11 is 0. The van der Waals surface area contributed by atoms with Crippen LogP contribution in [-0.2, 0) is 11.8 Å². The Balaban J connectivity index is 2.21. The number of carbonyl (C=O) groups is 1. The number of benzene rings is 1. The molecule has 7 nitrogen and oxygen atoms in total. The molecule has 0 bridgehead atoms. The van der Waals surface area contributed by atoms with Crippen LogP contribution in [0, 0.1) is 17.0 Å². The van der Waals surface area contributed by atoms with Gasteiger partial charge in [-0.2, -0.15) is 0 Å². The molecule has 1 aromatic carbocycles. The predicted molar refractivity (Wildman–Crippen MR) is 83.3 cm³/mol. The molecule has 1 atom stereocenters. The number of pyridine rings is 1. The number of nitrogens with zero attached hydrogens (tertiary/aromatic N) is 2. The number of aromatic nitrogens is 1. The molecule has 1 unspecified atom stereocenters. The molecule has 0 saturated heterocycles. The Morgan fingerprint density at radius 1 is 1.30 bits per heavy atom. The molecule has 2 aromatic rings. The third-order valence-electron chi connectivity index (χ3n) is 3.50. The number of ether oxygens (including phenoxy) is 1. The van der Waals surface area contributed by atoms with Crippen molar-refractivity contribution in [2.75, 3.05) is 0 Å². The fourth-order valence-electron chi connectivity index (χ4n) is 2.09. The Labute approximate surface area is 132 Å². The summed E-state index contributed by atoms with van der Waals surface area (Å²) in [5.74, 6) is -0.601. The van der Waals surface area contributed by atoms with E-state index in [-0.39, 0.29) is 16.8 Å². The lowest BCUT2D eigenvalue weighted by Crippen LogP contribution is -2.18. The first-order chi connectivity index (χ1) is 10.8. The topological polar surface area (TPSA) is 91.4 Å². The van der Waals surface area contributed by atoms with Crippen LogP contribution in [0.15, 0.2) is 41.3 Å². The third-order valence-corrected chi connectivity index (χ3v) is 3.50. The number of hydrogen-bond donors (Lipinski definition) is 0. The average Bonchev–Trinajstić information content (AvgIpc) is 2.49. The summed E-state index contributed by atoms with van der Waals surface area (Å²) in [6.45, 7) is 3.28. The Morgan fingerprint density at radius 2 is 2.00 bits per heavy atom. The summed E-state index contributed by atoms with van der Waals surface area (Å²) in [7, 11) is 1.53. The third kappa shape index (κ3) is 3.63. The van der Waals surface area contributed by atoms with Crippen molar-refractivity contribution in [3.8, 4) is 0 Å². The molecular formula is C16H16N2O5. The molecule has 1 aromatic heterocycles. The zero-order valence-electron chi connectivity index (χ0n) is 13.0. The zero-order chi connectivity index (χ0) is 17.1. The number of esters is 1. The lowest BCUT2D eigenvalue weighted by atomic mass is 10.1. The first-order valence-corrected chi connectivity index (χ1v) is 6.92. The first kappa shape index (κ1) is 16.4. The van der Waals surface area contributed by atoms with Crippen LogP contribution in [0.1, 0.15) is 34.5 Å². The van der Waals surface area contributed by atoms with Crippen molar-refractivity contribution < 1.29 is 14.5 Å². The summed E-state index contributed by atoms with van der Waals surface area (Å²) in [4.78, 5) is 33.9. The van der Waals surface area contributed by atoms with Crippen molar-refractivity contribution in [3.05, 3.63) is 73.7 Å². The highest BCUT2D eigenvalue weighted by atomic mass is 16.6. The molecule has 0 amide bonds. The van der Waals surface area contributed by atoms with Crippen LogP contribution in [-0.4, -0.2) is 15.5 Å². The minimum atomic E-state index is -0.654. The maximum atomic E-state index is 12.1. The van der Waals surface area contributed by atoms with Gasteiger partial charge in [0.25, 0.3) is 5.69 Å². The van der Waals surface area contributed by atoms with E-state index in [1.807, 2.05) is 0 Å². The zero-order valence-corrected chi connectivity index (χ0v) is 13.0. The number of aryl methyl sites for hydroxylation is 2.